The zero-order valence-corrected chi connectivity index (χ0v) is 12.3. The van der Waals surface area contributed by atoms with Crippen LogP contribution in [-0.4, -0.2) is 19.6 Å². The van der Waals surface area contributed by atoms with Crippen LogP contribution in [0.1, 0.15) is 33.3 Å². The summed E-state index contributed by atoms with van der Waals surface area (Å²) in [5.74, 6) is 0.692. The Labute approximate surface area is 114 Å². The standard InChI is InChI=1S/C15H22N2O2/c1-9-8-19-13-11(15(2,3)4)6-10(16)7-12(13)17(5)14(9)18/h6-7,9H,8,16H2,1-5H3. The van der Waals surface area contributed by atoms with E-state index in [-0.39, 0.29) is 17.2 Å². The monoisotopic (exact) mass is 262 g/mol. The molecule has 1 unspecified atom stereocenters. The summed E-state index contributed by atoms with van der Waals surface area (Å²) < 4.78 is 5.90. The number of hydrogen-bond donors (Lipinski definition) is 1. The highest BCUT2D eigenvalue weighted by Gasteiger charge is 2.30. The summed E-state index contributed by atoms with van der Waals surface area (Å²) in [6.07, 6.45) is 0. The van der Waals surface area contributed by atoms with Crippen molar-refractivity contribution in [2.24, 2.45) is 5.92 Å². The van der Waals surface area contributed by atoms with Gasteiger partial charge in [-0.15, -0.1) is 0 Å². The Bertz CT molecular complexity index is 518. The molecule has 1 aromatic carbocycles. The molecule has 0 aliphatic carbocycles. The minimum Gasteiger partial charge on any atom is -0.490 e. The van der Waals surface area contributed by atoms with Crippen molar-refractivity contribution in [1.29, 1.82) is 0 Å². The highest BCUT2D eigenvalue weighted by atomic mass is 16.5. The maximum absolute atomic E-state index is 12.2. The van der Waals surface area contributed by atoms with E-state index in [0.717, 1.165) is 17.0 Å². The number of fused-ring (bicyclic) bond motifs is 1. The summed E-state index contributed by atoms with van der Waals surface area (Å²) in [7, 11) is 1.78. The molecule has 2 rings (SSSR count). The molecule has 2 N–H and O–H groups in total. The van der Waals surface area contributed by atoms with E-state index in [1.165, 1.54) is 0 Å². The van der Waals surface area contributed by atoms with Gasteiger partial charge in [-0.1, -0.05) is 27.7 Å². The number of nitrogens with zero attached hydrogens (tertiary/aromatic N) is 1. The maximum atomic E-state index is 12.2. The topological polar surface area (TPSA) is 55.6 Å². The van der Waals surface area contributed by atoms with E-state index in [0.29, 0.717) is 12.3 Å². The van der Waals surface area contributed by atoms with Crippen molar-refractivity contribution in [3.63, 3.8) is 0 Å². The molecule has 1 aromatic rings. The van der Waals surface area contributed by atoms with Gasteiger partial charge in [-0.2, -0.15) is 0 Å². The van der Waals surface area contributed by atoms with Crippen LogP contribution in [0.3, 0.4) is 0 Å². The molecule has 0 saturated carbocycles. The fraction of sp³-hybridized carbons (Fsp3) is 0.533. The zero-order chi connectivity index (χ0) is 14.4. The van der Waals surface area contributed by atoms with Crippen molar-refractivity contribution in [2.75, 3.05) is 24.3 Å². The molecule has 0 saturated heterocycles. The number of anilines is 2. The van der Waals surface area contributed by atoms with E-state index < -0.39 is 0 Å². The molecule has 104 valence electrons. The molecule has 4 heteroatoms. The third-order valence-corrected chi connectivity index (χ3v) is 3.49. The van der Waals surface area contributed by atoms with Crippen molar-refractivity contribution in [1.82, 2.24) is 0 Å². The Hall–Kier alpha value is -1.71. The fourth-order valence-electron chi connectivity index (χ4n) is 2.32. The number of ether oxygens (including phenoxy) is 1. The van der Waals surface area contributed by atoms with Crippen LogP contribution in [0.2, 0.25) is 0 Å². The highest BCUT2D eigenvalue weighted by molar-refractivity contribution is 5.97. The first-order valence-corrected chi connectivity index (χ1v) is 6.56. The van der Waals surface area contributed by atoms with Crippen molar-refractivity contribution >= 4 is 17.3 Å². The van der Waals surface area contributed by atoms with Crippen LogP contribution in [0.4, 0.5) is 11.4 Å². The molecule has 0 spiro atoms. The van der Waals surface area contributed by atoms with Crippen molar-refractivity contribution < 1.29 is 9.53 Å². The van der Waals surface area contributed by atoms with E-state index in [1.54, 1.807) is 18.0 Å². The second-order valence-electron chi connectivity index (χ2n) is 6.28. The van der Waals surface area contributed by atoms with Gasteiger partial charge in [0, 0.05) is 18.3 Å². The minimum atomic E-state index is -0.147. The van der Waals surface area contributed by atoms with Crippen LogP contribution in [-0.2, 0) is 10.2 Å². The average Bonchev–Trinajstić information content (AvgIpc) is 2.41. The molecular weight excluding hydrogens is 240 g/mol. The summed E-state index contributed by atoms with van der Waals surface area (Å²) >= 11 is 0. The highest BCUT2D eigenvalue weighted by Crippen LogP contribution is 2.42. The number of nitrogen functional groups attached to an aromatic ring is 1. The third kappa shape index (κ3) is 2.39. The van der Waals surface area contributed by atoms with Crippen LogP contribution in [0, 0.1) is 5.92 Å². The molecule has 19 heavy (non-hydrogen) atoms. The predicted molar refractivity (Wildman–Crippen MR) is 77.6 cm³/mol. The van der Waals surface area contributed by atoms with E-state index >= 15 is 0 Å². The molecule has 1 amide bonds. The lowest BCUT2D eigenvalue weighted by Gasteiger charge is -2.26. The second-order valence-corrected chi connectivity index (χ2v) is 6.28. The summed E-state index contributed by atoms with van der Waals surface area (Å²) in [5.41, 5.74) is 8.35. The van der Waals surface area contributed by atoms with Crippen molar-refractivity contribution in [3.8, 4) is 5.75 Å². The van der Waals surface area contributed by atoms with Gasteiger partial charge >= 0.3 is 0 Å². The quantitative estimate of drug-likeness (QED) is 0.731. The number of amides is 1. The first-order valence-electron chi connectivity index (χ1n) is 6.56. The number of nitrogens with two attached hydrogens (primary N) is 1. The largest absolute Gasteiger partial charge is 0.490 e. The summed E-state index contributed by atoms with van der Waals surface area (Å²) in [6.45, 7) is 8.62. The van der Waals surface area contributed by atoms with E-state index in [2.05, 4.69) is 20.8 Å². The predicted octanol–water partition coefficient (Wildman–Crippen LogP) is 2.56. The van der Waals surface area contributed by atoms with Crippen molar-refractivity contribution in [3.05, 3.63) is 17.7 Å². The van der Waals surface area contributed by atoms with Gasteiger partial charge in [0.15, 0.2) is 0 Å². The molecule has 0 bridgehead atoms. The zero-order valence-electron chi connectivity index (χ0n) is 12.3. The molecule has 0 radical (unpaired) electrons. The van der Waals surface area contributed by atoms with Gasteiger partial charge < -0.3 is 15.4 Å². The van der Waals surface area contributed by atoms with Gasteiger partial charge in [-0.25, -0.2) is 0 Å². The number of rotatable bonds is 0. The van der Waals surface area contributed by atoms with Crippen LogP contribution in [0.5, 0.6) is 5.75 Å². The lowest BCUT2D eigenvalue weighted by molar-refractivity contribution is -0.122. The lowest BCUT2D eigenvalue weighted by atomic mass is 9.85. The lowest BCUT2D eigenvalue weighted by Crippen LogP contribution is -2.31. The van der Waals surface area contributed by atoms with Gasteiger partial charge in [0.2, 0.25) is 5.91 Å². The molecule has 4 nitrogen and oxygen atoms in total. The van der Waals surface area contributed by atoms with Gasteiger partial charge in [0.25, 0.3) is 0 Å². The van der Waals surface area contributed by atoms with Crippen molar-refractivity contribution in [2.45, 2.75) is 33.1 Å². The van der Waals surface area contributed by atoms with Crippen LogP contribution in [0.25, 0.3) is 0 Å². The third-order valence-electron chi connectivity index (χ3n) is 3.49. The molecule has 1 atom stereocenters. The first-order chi connectivity index (χ1) is 8.71. The molecule has 0 fully saturated rings. The summed E-state index contributed by atoms with van der Waals surface area (Å²) in [5, 5.41) is 0. The summed E-state index contributed by atoms with van der Waals surface area (Å²) in [6, 6.07) is 3.74. The van der Waals surface area contributed by atoms with Crippen LogP contribution >= 0.6 is 0 Å². The van der Waals surface area contributed by atoms with Gasteiger partial charge in [-0.3, -0.25) is 4.79 Å². The van der Waals surface area contributed by atoms with Gasteiger partial charge in [0.05, 0.1) is 18.2 Å². The number of benzene rings is 1. The SMILES string of the molecule is CC1COc2c(cc(N)cc2C(C)(C)C)N(C)C1=O. The Morgan fingerprint density at radius 3 is 2.58 bits per heavy atom. The van der Waals surface area contributed by atoms with Crippen LogP contribution < -0.4 is 15.4 Å². The molecule has 1 aliphatic heterocycles. The van der Waals surface area contributed by atoms with E-state index in [1.807, 2.05) is 13.0 Å². The second kappa shape index (κ2) is 4.44. The molecule has 1 aliphatic rings. The minimum absolute atomic E-state index is 0.0595. The van der Waals surface area contributed by atoms with Crippen LogP contribution in [0.15, 0.2) is 12.1 Å². The van der Waals surface area contributed by atoms with Gasteiger partial charge in [0.1, 0.15) is 5.75 Å². The smallest absolute Gasteiger partial charge is 0.233 e. The van der Waals surface area contributed by atoms with E-state index in [9.17, 15) is 4.79 Å². The maximum Gasteiger partial charge on any atom is 0.233 e. The number of carbonyl (C=O) groups is 1. The Kier molecular flexibility index (Phi) is 3.20. The number of hydrogen-bond acceptors (Lipinski definition) is 3. The first kappa shape index (κ1) is 13.7. The van der Waals surface area contributed by atoms with E-state index in [4.69, 9.17) is 10.5 Å². The Balaban J connectivity index is 2.66. The molecular formula is C15H22N2O2. The average molecular weight is 262 g/mol. The normalized spacial score (nSPS) is 19.7. The number of carbonyl (C=O) groups excluding carboxylic acids is 1. The summed E-state index contributed by atoms with van der Waals surface area (Å²) in [4.78, 5) is 13.8. The van der Waals surface area contributed by atoms with Gasteiger partial charge in [-0.05, 0) is 17.5 Å². The fourth-order valence-corrected chi connectivity index (χ4v) is 2.32. The Morgan fingerprint density at radius 1 is 1.37 bits per heavy atom. The molecule has 0 aromatic heterocycles. The Morgan fingerprint density at radius 2 is 2.00 bits per heavy atom. The molecule has 1 heterocycles.